The molecule has 3 amide bonds. The number of hydrogen-bond donors (Lipinski definition) is 1. The Hall–Kier alpha value is -1.14. The highest BCUT2D eigenvalue weighted by Gasteiger charge is 2.48. The van der Waals surface area contributed by atoms with Crippen LogP contribution in [0, 0.1) is 11.8 Å². The SMILES string of the molecule is Cl.O=C(CN1C(=O)C2CCCCC2C1=O)N1CCNCC1. The second-order valence-corrected chi connectivity index (χ2v) is 5.89. The summed E-state index contributed by atoms with van der Waals surface area (Å²) in [5, 5.41) is 3.18. The van der Waals surface area contributed by atoms with Crippen molar-refractivity contribution < 1.29 is 14.4 Å². The summed E-state index contributed by atoms with van der Waals surface area (Å²) in [4.78, 5) is 39.7. The first-order valence-corrected chi connectivity index (χ1v) is 7.52. The summed E-state index contributed by atoms with van der Waals surface area (Å²) >= 11 is 0. The van der Waals surface area contributed by atoms with Crippen LogP contribution in [0.3, 0.4) is 0 Å². The topological polar surface area (TPSA) is 69.7 Å². The molecule has 2 atom stereocenters. The zero-order valence-electron chi connectivity index (χ0n) is 12.0. The van der Waals surface area contributed by atoms with E-state index in [1.54, 1.807) is 4.90 Å². The quantitative estimate of drug-likeness (QED) is 0.729. The third kappa shape index (κ3) is 3.06. The number of carbonyl (C=O) groups excluding carboxylic acids is 3. The first-order valence-electron chi connectivity index (χ1n) is 7.52. The number of piperazine rings is 1. The van der Waals surface area contributed by atoms with E-state index in [2.05, 4.69) is 5.32 Å². The van der Waals surface area contributed by atoms with Gasteiger partial charge < -0.3 is 10.2 Å². The lowest BCUT2D eigenvalue weighted by atomic mass is 9.81. The van der Waals surface area contributed by atoms with Gasteiger partial charge in [-0.25, -0.2) is 0 Å². The van der Waals surface area contributed by atoms with Gasteiger partial charge in [-0.1, -0.05) is 12.8 Å². The predicted octanol–water partition coefficient (Wildman–Crippen LogP) is 0.0152. The van der Waals surface area contributed by atoms with E-state index in [0.717, 1.165) is 38.8 Å². The number of nitrogens with one attached hydrogen (secondary N) is 1. The molecule has 0 spiro atoms. The molecule has 7 heteroatoms. The van der Waals surface area contributed by atoms with E-state index in [-0.39, 0.29) is 48.5 Å². The monoisotopic (exact) mass is 315 g/mol. The zero-order chi connectivity index (χ0) is 14.1. The van der Waals surface area contributed by atoms with Crippen molar-refractivity contribution in [1.82, 2.24) is 15.1 Å². The Bertz CT molecular complexity index is 413. The van der Waals surface area contributed by atoms with Crippen LogP contribution in [0.5, 0.6) is 0 Å². The third-order valence-corrected chi connectivity index (χ3v) is 4.70. The molecule has 1 aliphatic carbocycles. The van der Waals surface area contributed by atoms with E-state index in [0.29, 0.717) is 13.1 Å². The second-order valence-electron chi connectivity index (χ2n) is 5.89. The number of likely N-dealkylation sites (tertiary alicyclic amines) is 1. The maximum atomic E-state index is 12.3. The van der Waals surface area contributed by atoms with Crippen LogP contribution >= 0.6 is 12.4 Å². The molecule has 2 unspecified atom stereocenters. The van der Waals surface area contributed by atoms with E-state index in [1.165, 1.54) is 4.90 Å². The van der Waals surface area contributed by atoms with Crippen LogP contribution in [0.2, 0.25) is 0 Å². The Morgan fingerprint density at radius 3 is 2.10 bits per heavy atom. The van der Waals surface area contributed by atoms with Crippen molar-refractivity contribution in [3.8, 4) is 0 Å². The molecule has 0 aromatic rings. The highest BCUT2D eigenvalue weighted by Crippen LogP contribution is 2.37. The predicted molar refractivity (Wildman–Crippen MR) is 78.9 cm³/mol. The number of imide groups is 1. The summed E-state index contributed by atoms with van der Waals surface area (Å²) in [5.74, 6) is -0.669. The van der Waals surface area contributed by atoms with Crippen molar-refractivity contribution in [2.75, 3.05) is 32.7 Å². The van der Waals surface area contributed by atoms with Crippen LogP contribution in [0.15, 0.2) is 0 Å². The Morgan fingerprint density at radius 2 is 1.57 bits per heavy atom. The van der Waals surface area contributed by atoms with Crippen molar-refractivity contribution in [2.24, 2.45) is 11.8 Å². The van der Waals surface area contributed by atoms with Crippen molar-refractivity contribution in [3.63, 3.8) is 0 Å². The maximum absolute atomic E-state index is 12.3. The fourth-order valence-corrected chi connectivity index (χ4v) is 3.54. The van der Waals surface area contributed by atoms with Crippen molar-refractivity contribution >= 4 is 30.1 Å². The van der Waals surface area contributed by atoms with E-state index >= 15 is 0 Å². The Labute approximate surface area is 130 Å². The molecule has 1 saturated carbocycles. The summed E-state index contributed by atoms with van der Waals surface area (Å²) in [5.41, 5.74) is 0. The average molecular weight is 316 g/mol. The largest absolute Gasteiger partial charge is 0.339 e. The maximum Gasteiger partial charge on any atom is 0.242 e. The number of hydrogen-bond acceptors (Lipinski definition) is 4. The number of fused-ring (bicyclic) bond motifs is 1. The summed E-state index contributed by atoms with van der Waals surface area (Å²) in [6.45, 7) is 2.80. The summed E-state index contributed by atoms with van der Waals surface area (Å²) in [6.07, 6.45) is 3.63. The van der Waals surface area contributed by atoms with Crippen LogP contribution in [0.25, 0.3) is 0 Å². The molecule has 3 fully saturated rings. The number of amides is 3. The summed E-state index contributed by atoms with van der Waals surface area (Å²) in [7, 11) is 0. The zero-order valence-corrected chi connectivity index (χ0v) is 12.9. The lowest BCUT2D eigenvalue weighted by molar-refractivity contribution is -0.146. The first kappa shape index (κ1) is 16.2. The van der Waals surface area contributed by atoms with E-state index in [1.807, 2.05) is 0 Å². The molecule has 6 nitrogen and oxygen atoms in total. The number of carbonyl (C=O) groups is 3. The molecule has 0 radical (unpaired) electrons. The standard InChI is InChI=1S/C14H21N3O3.ClH/c18-12(16-7-5-15-6-8-16)9-17-13(19)10-3-1-2-4-11(10)14(17)20;/h10-11,15H,1-9H2;1H. The van der Waals surface area contributed by atoms with Gasteiger partial charge in [-0.2, -0.15) is 0 Å². The van der Waals surface area contributed by atoms with Gasteiger partial charge in [0.25, 0.3) is 0 Å². The van der Waals surface area contributed by atoms with E-state index in [4.69, 9.17) is 0 Å². The fraction of sp³-hybridized carbons (Fsp3) is 0.786. The van der Waals surface area contributed by atoms with Gasteiger partial charge in [-0.3, -0.25) is 19.3 Å². The minimum absolute atomic E-state index is 0. The minimum atomic E-state index is -0.160. The number of nitrogens with zero attached hydrogens (tertiary/aromatic N) is 2. The molecule has 2 aliphatic heterocycles. The number of halogens is 1. The lowest BCUT2D eigenvalue weighted by Gasteiger charge is -2.28. The Kier molecular flexibility index (Phi) is 5.22. The van der Waals surface area contributed by atoms with Crippen LogP contribution in [0.4, 0.5) is 0 Å². The van der Waals surface area contributed by atoms with Gasteiger partial charge in [0.2, 0.25) is 17.7 Å². The number of rotatable bonds is 2. The van der Waals surface area contributed by atoms with Crippen molar-refractivity contribution in [1.29, 1.82) is 0 Å². The van der Waals surface area contributed by atoms with Crippen LogP contribution in [0.1, 0.15) is 25.7 Å². The van der Waals surface area contributed by atoms with Gasteiger partial charge in [-0.05, 0) is 12.8 Å². The Balaban J connectivity index is 0.00000161. The molecule has 3 rings (SSSR count). The van der Waals surface area contributed by atoms with Gasteiger partial charge in [-0.15, -0.1) is 12.4 Å². The molecule has 2 heterocycles. The molecule has 0 bridgehead atoms. The van der Waals surface area contributed by atoms with Gasteiger partial charge in [0.05, 0.1) is 11.8 Å². The van der Waals surface area contributed by atoms with Crippen molar-refractivity contribution in [3.05, 3.63) is 0 Å². The third-order valence-electron chi connectivity index (χ3n) is 4.70. The van der Waals surface area contributed by atoms with Crippen LogP contribution < -0.4 is 5.32 Å². The summed E-state index contributed by atoms with van der Waals surface area (Å²) < 4.78 is 0. The normalized spacial score (nSPS) is 29.1. The van der Waals surface area contributed by atoms with Crippen LogP contribution in [-0.2, 0) is 14.4 Å². The first-order chi connectivity index (χ1) is 9.68. The smallest absolute Gasteiger partial charge is 0.242 e. The average Bonchev–Trinajstić information content (AvgIpc) is 2.74. The minimum Gasteiger partial charge on any atom is -0.339 e. The molecular formula is C14H22ClN3O3. The molecule has 21 heavy (non-hydrogen) atoms. The molecule has 118 valence electrons. The fourth-order valence-electron chi connectivity index (χ4n) is 3.54. The highest BCUT2D eigenvalue weighted by molar-refractivity contribution is 6.07. The molecular weight excluding hydrogens is 294 g/mol. The van der Waals surface area contributed by atoms with Gasteiger partial charge in [0.15, 0.2) is 0 Å². The van der Waals surface area contributed by atoms with Crippen LogP contribution in [-0.4, -0.2) is 60.2 Å². The Morgan fingerprint density at radius 1 is 1.05 bits per heavy atom. The highest BCUT2D eigenvalue weighted by atomic mass is 35.5. The van der Waals surface area contributed by atoms with E-state index < -0.39 is 0 Å². The van der Waals surface area contributed by atoms with E-state index in [9.17, 15) is 14.4 Å². The summed E-state index contributed by atoms with van der Waals surface area (Å²) in [6, 6.07) is 0. The van der Waals surface area contributed by atoms with Gasteiger partial charge >= 0.3 is 0 Å². The molecule has 3 aliphatic rings. The molecule has 1 N–H and O–H groups in total. The molecule has 0 aromatic heterocycles. The van der Waals surface area contributed by atoms with Crippen molar-refractivity contribution in [2.45, 2.75) is 25.7 Å². The lowest BCUT2D eigenvalue weighted by Crippen LogP contribution is -2.50. The van der Waals surface area contributed by atoms with Gasteiger partial charge in [0.1, 0.15) is 6.54 Å². The second kappa shape index (κ2) is 6.75. The molecule has 2 saturated heterocycles. The molecule has 0 aromatic carbocycles. The van der Waals surface area contributed by atoms with Gasteiger partial charge in [0, 0.05) is 26.2 Å².